The van der Waals surface area contributed by atoms with Crippen molar-refractivity contribution < 1.29 is 0 Å². The van der Waals surface area contributed by atoms with Gasteiger partial charge in [0.2, 0.25) is 0 Å². The molecule has 0 spiro atoms. The van der Waals surface area contributed by atoms with E-state index in [1.165, 1.54) is 25.9 Å². The summed E-state index contributed by atoms with van der Waals surface area (Å²) in [7, 11) is 3.99. The fourth-order valence-electron chi connectivity index (χ4n) is 2.24. The molecule has 2 heterocycles. The lowest BCUT2D eigenvalue weighted by Crippen LogP contribution is -2.31. The largest absolute Gasteiger partial charge is 0.373 e. The van der Waals surface area contributed by atoms with Crippen LogP contribution in [-0.4, -0.2) is 61.4 Å². The number of nitrogens with zero attached hydrogens (tertiary/aromatic N) is 4. The minimum absolute atomic E-state index is 0.815. The van der Waals surface area contributed by atoms with Crippen LogP contribution in [0, 0.1) is 0 Å². The third-order valence-corrected chi connectivity index (χ3v) is 4.02. The number of rotatable bonds is 6. The second kappa shape index (κ2) is 6.96. The molecule has 0 radical (unpaired) electrons. The fraction of sp³-hybridized carbons (Fsp3) is 0.692. The Hall–Kier alpha value is -1.01. The van der Waals surface area contributed by atoms with Crippen LogP contribution in [0.5, 0.6) is 0 Å². The molecular weight excluding hydrogens is 258 g/mol. The lowest BCUT2D eigenvalue weighted by Gasteiger charge is -2.22. The third kappa shape index (κ3) is 3.98. The smallest absolute Gasteiger partial charge is 0.191 e. The van der Waals surface area contributed by atoms with E-state index >= 15 is 0 Å². The van der Waals surface area contributed by atoms with Gasteiger partial charge in [-0.25, -0.2) is 9.97 Å². The molecule has 0 aromatic carbocycles. The summed E-state index contributed by atoms with van der Waals surface area (Å²) in [5.74, 6) is 1.87. The first kappa shape index (κ1) is 14.4. The van der Waals surface area contributed by atoms with Crippen LogP contribution in [-0.2, 0) is 0 Å². The van der Waals surface area contributed by atoms with Gasteiger partial charge in [-0.1, -0.05) is 11.8 Å². The van der Waals surface area contributed by atoms with Crippen LogP contribution in [0.3, 0.4) is 0 Å². The van der Waals surface area contributed by atoms with Crippen LogP contribution in [0.4, 0.5) is 11.6 Å². The van der Waals surface area contributed by atoms with E-state index in [0.717, 1.165) is 29.9 Å². The summed E-state index contributed by atoms with van der Waals surface area (Å²) in [6.45, 7) is 4.61. The van der Waals surface area contributed by atoms with Crippen molar-refractivity contribution in [2.45, 2.75) is 18.0 Å². The van der Waals surface area contributed by atoms with Crippen LogP contribution >= 0.6 is 11.8 Å². The Morgan fingerprint density at radius 2 is 2.11 bits per heavy atom. The normalized spacial score (nSPS) is 15.7. The number of hydrogen-bond acceptors (Lipinski definition) is 6. The molecule has 1 aromatic heterocycles. The Morgan fingerprint density at radius 3 is 2.74 bits per heavy atom. The molecule has 0 bridgehead atoms. The minimum Gasteiger partial charge on any atom is -0.373 e. The molecule has 6 heteroatoms. The van der Waals surface area contributed by atoms with Crippen molar-refractivity contribution in [3.05, 3.63) is 6.07 Å². The first-order valence-corrected chi connectivity index (χ1v) is 7.99. The molecule has 106 valence electrons. The molecule has 0 amide bonds. The third-order valence-electron chi connectivity index (χ3n) is 3.47. The number of thioether (sulfide) groups is 1. The van der Waals surface area contributed by atoms with Gasteiger partial charge in [-0.2, -0.15) is 0 Å². The molecular formula is C13H23N5S. The van der Waals surface area contributed by atoms with E-state index in [4.69, 9.17) is 0 Å². The highest BCUT2D eigenvalue weighted by atomic mass is 32.2. The van der Waals surface area contributed by atoms with Crippen LogP contribution in [0.1, 0.15) is 12.8 Å². The average molecular weight is 281 g/mol. The number of likely N-dealkylation sites (N-methyl/N-ethyl adjacent to an activating group) is 1. The van der Waals surface area contributed by atoms with Crippen molar-refractivity contribution in [1.82, 2.24) is 14.9 Å². The second-order valence-corrected chi connectivity index (χ2v) is 5.59. The van der Waals surface area contributed by atoms with Crippen LogP contribution in [0.2, 0.25) is 0 Å². The molecule has 1 aliphatic heterocycles. The molecule has 0 atom stereocenters. The van der Waals surface area contributed by atoms with E-state index in [-0.39, 0.29) is 0 Å². The van der Waals surface area contributed by atoms with Gasteiger partial charge in [0.15, 0.2) is 5.16 Å². The number of likely N-dealkylation sites (tertiary alicyclic amines) is 1. The molecule has 1 saturated heterocycles. The Bertz CT molecular complexity index is 384. The van der Waals surface area contributed by atoms with Crippen molar-refractivity contribution >= 4 is 23.4 Å². The van der Waals surface area contributed by atoms with Gasteiger partial charge in [0.05, 0.1) is 0 Å². The molecule has 19 heavy (non-hydrogen) atoms. The number of hydrogen-bond donors (Lipinski definition) is 1. The molecule has 0 saturated carbocycles. The lowest BCUT2D eigenvalue weighted by molar-refractivity contribution is 0.346. The molecule has 5 nitrogen and oxygen atoms in total. The van der Waals surface area contributed by atoms with Crippen molar-refractivity contribution in [1.29, 1.82) is 0 Å². The Balaban J connectivity index is 1.98. The summed E-state index contributed by atoms with van der Waals surface area (Å²) < 4.78 is 0. The first-order valence-electron chi connectivity index (χ1n) is 6.77. The molecule has 1 N–H and O–H groups in total. The summed E-state index contributed by atoms with van der Waals surface area (Å²) in [6.07, 6.45) is 4.69. The summed E-state index contributed by atoms with van der Waals surface area (Å²) in [6, 6.07) is 2.00. The zero-order valence-corrected chi connectivity index (χ0v) is 12.8. The van der Waals surface area contributed by atoms with Gasteiger partial charge in [0.1, 0.15) is 11.6 Å². The predicted octanol–water partition coefficient (Wildman–Crippen LogP) is 1.77. The Kier molecular flexibility index (Phi) is 5.27. The van der Waals surface area contributed by atoms with Gasteiger partial charge in [0.25, 0.3) is 0 Å². The zero-order chi connectivity index (χ0) is 13.7. The maximum Gasteiger partial charge on any atom is 0.191 e. The van der Waals surface area contributed by atoms with E-state index in [9.17, 15) is 0 Å². The van der Waals surface area contributed by atoms with E-state index in [1.54, 1.807) is 11.8 Å². The molecule has 0 aliphatic carbocycles. The zero-order valence-electron chi connectivity index (χ0n) is 12.0. The van der Waals surface area contributed by atoms with E-state index < -0.39 is 0 Å². The maximum absolute atomic E-state index is 4.56. The number of anilines is 2. The predicted molar refractivity (Wildman–Crippen MR) is 82.3 cm³/mol. The van der Waals surface area contributed by atoms with E-state index in [2.05, 4.69) is 32.1 Å². The molecule has 0 unspecified atom stereocenters. The highest BCUT2D eigenvalue weighted by Gasteiger charge is 2.13. The van der Waals surface area contributed by atoms with Crippen molar-refractivity contribution in [2.75, 3.05) is 56.7 Å². The lowest BCUT2D eigenvalue weighted by atomic mass is 10.4. The monoisotopic (exact) mass is 281 g/mol. The van der Waals surface area contributed by atoms with Gasteiger partial charge >= 0.3 is 0 Å². The van der Waals surface area contributed by atoms with E-state index in [1.807, 2.05) is 19.4 Å². The van der Waals surface area contributed by atoms with Crippen LogP contribution in [0.25, 0.3) is 0 Å². The maximum atomic E-state index is 4.56. The van der Waals surface area contributed by atoms with Crippen molar-refractivity contribution in [3.8, 4) is 0 Å². The highest BCUT2D eigenvalue weighted by molar-refractivity contribution is 7.98. The number of nitrogens with one attached hydrogen (secondary N) is 1. The average Bonchev–Trinajstić information content (AvgIpc) is 2.97. The molecule has 1 aromatic rings. The summed E-state index contributed by atoms with van der Waals surface area (Å²) in [4.78, 5) is 13.7. The Morgan fingerprint density at radius 1 is 1.37 bits per heavy atom. The summed E-state index contributed by atoms with van der Waals surface area (Å²) in [5, 5.41) is 3.91. The van der Waals surface area contributed by atoms with Crippen molar-refractivity contribution in [2.24, 2.45) is 0 Å². The topological polar surface area (TPSA) is 44.3 Å². The fourth-order valence-corrected chi connectivity index (χ4v) is 2.61. The number of aromatic nitrogens is 2. The highest BCUT2D eigenvalue weighted by Crippen LogP contribution is 2.19. The van der Waals surface area contributed by atoms with Gasteiger partial charge < -0.3 is 15.1 Å². The Labute approximate surface area is 119 Å². The SMILES string of the molecule is CNc1cc(N(C)CCN2CCCC2)nc(SC)n1. The minimum atomic E-state index is 0.815. The van der Waals surface area contributed by atoms with Crippen molar-refractivity contribution in [3.63, 3.8) is 0 Å². The van der Waals surface area contributed by atoms with E-state index in [0.29, 0.717) is 0 Å². The van der Waals surface area contributed by atoms with Crippen LogP contribution in [0.15, 0.2) is 11.2 Å². The molecule has 2 rings (SSSR count). The van der Waals surface area contributed by atoms with Gasteiger partial charge in [0, 0.05) is 33.3 Å². The van der Waals surface area contributed by atoms with Gasteiger partial charge in [-0.05, 0) is 32.2 Å². The first-order chi connectivity index (χ1) is 9.22. The second-order valence-electron chi connectivity index (χ2n) is 4.82. The van der Waals surface area contributed by atoms with Gasteiger partial charge in [-0.3, -0.25) is 0 Å². The summed E-state index contributed by atoms with van der Waals surface area (Å²) >= 11 is 1.57. The molecule has 1 aliphatic rings. The standard InChI is InChI=1S/C13H23N5S/c1-14-11-10-12(16-13(15-11)19-3)17(2)8-9-18-6-4-5-7-18/h10H,4-9H2,1-3H3,(H,14,15,16). The van der Waals surface area contributed by atoms with Crippen LogP contribution < -0.4 is 10.2 Å². The quantitative estimate of drug-likeness (QED) is 0.633. The van der Waals surface area contributed by atoms with Gasteiger partial charge in [-0.15, -0.1) is 0 Å². The molecule has 1 fully saturated rings. The summed E-state index contributed by atoms with van der Waals surface area (Å²) in [5.41, 5.74) is 0.